The summed E-state index contributed by atoms with van der Waals surface area (Å²) in [6.07, 6.45) is 0.309. The summed E-state index contributed by atoms with van der Waals surface area (Å²) >= 11 is 0. The average Bonchev–Trinajstić information content (AvgIpc) is 2.23. The number of ether oxygens (including phenoxy) is 1. The Bertz CT molecular complexity index is 396. The van der Waals surface area contributed by atoms with Crippen LogP contribution in [0.5, 0.6) is 0 Å². The van der Waals surface area contributed by atoms with Gasteiger partial charge in [0, 0.05) is 20.1 Å². The Balaban J connectivity index is 2.58. The molecule has 5 heteroatoms. The number of hydrogen-bond acceptors (Lipinski definition) is 3. The number of anilines is 2. The van der Waals surface area contributed by atoms with Crippen LogP contribution in [0.15, 0.2) is 18.2 Å². The number of carbonyl (C=O) groups excluding carboxylic acids is 1. The van der Waals surface area contributed by atoms with Crippen molar-refractivity contribution in [2.24, 2.45) is 5.92 Å². The predicted octanol–water partition coefficient (Wildman–Crippen LogP) is 2.02. The molecule has 0 aliphatic rings. The number of halogens is 1. The Hall–Kier alpha value is -1.62. The first-order valence-corrected chi connectivity index (χ1v) is 5.36. The lowest BCUT2D eigenvalue weighted by molar-refractivity contribution is -0.117. The lowest BCUT2D eigenvalue weighted by Crippen LogP contribution is -2.18. The summed E-state index contributed by atoms with van der Waals surface area (Å²) in [6, 6.07) is 3.87. The van der Waals surface area contributed by atoms with Crippen molar-refractivity contribution in [2.75, 3.05) is 24.8 Å². The molecule has 17 heavy (non-hydrogen) atoms. The van der Waals surface area contributed by atoms with E-state index in [0.717, 1.165) is 0 Å². The van der Waals surface area contributed by atoms with Crippen LogP contribution in [-0.4, -0.2) is 19.6 Å². The molecule has 0 aliphatic carbocycles. The van der Waals surface area contributed by atoms with Crippen molar-refractivity contribution in [3.63, 3.8) is 0 Å². The summed E-state index contributed by atoms with van der Waals surface area (Å²) < 4.78 is 17.9. The molecule has 1 atom stereocenters. The van der Waals surface area contributed by atoms with E-state index in [2.05, 4.69) is 5.32 Å². The van der Waals surface area contributed by atoms with Gasteiger partial charge >= 0.3 is 0 Å². The Kier molecular flexibility index (Phi) is 4.90. The van der Waals surface area contributed by atoms with Gasteiger partial charge in [-0.3, -0.25) is 4.79 Å². The Morgan fingerprint density at radius 2 is 2.29 bits per heavy atom. The van der Waals surface area contributed by atoms with E-state index in [-0.39, 0.29) is 11.8 Å². The summed E-state index contributed by atoms with van der Waals surface area (Å²) in [7, 11) is 1.58. The molecule has 3 N–H and O–H groups in total. The highest BCUT2D eigenvalue weighted by molar-refractivity contribution is 5.93. The summed E-state index contributed by atoms with van der Waals surface area (Å²) in [5, 5.41) is 2.58. The molecule has 1 unspecified atom stereocenters. The number of benzene rings is 1. The zero-order valence-corrected chi connectivity index (χ0v) is 10.00. The highest BCUT2D eigenvalue weighted by atomic mass is 19.1. The average molecular weight is 240 g/mol. The van der Waals surface area contributed by atoms with Gasteiger partial charge in [-0.2, -0.15) is 0 Å². The smallest absolute Gasteiger partial charge is 0.224 e. The van der Waals surface area contributed by atoms with Gasteiger partial charge in [0.1, 0.15) is 5.82 Å². The lowest BCUT2D eigenvalue weighted by atomic mass is 10.1. The van der Waals surface area contributed by atoms with Gasteiger partial charge in [0.15, 0.2) is 0 Å². The van der Waals surface area contributed by atoms with E-state index in [0.29, 0.717) is 24.4 Å². The standard InChI is InChI=1S/C12H17FN2O2/c1-8(7-17-2)5-12(16)15-11-6-9(13)3-4-10(11)14/h3-4,6,8H,5,7,14H2,1-2H3,(H,15,16). The van der Waals surface area contributed by atoms with E-state index in [4.69, 9.17) is 10.5 Å². The first kappa shape index (κ1) is 13.4. The van der Waals surface area contributed by atoms with Crippen LogP contribution in [-0.2, 0) is 9.53 Å². The third-order valence-corrected chi connectivity index (χ3v) is 2.27. The minimum absolute atomic E-state index is 0.106. The number of nitrogens with two attached hydrogens (primary N) is 1. The largest absolute Gasteiger partial charge is 0.397 e. The van der Waals surface area contributed by atoms with E-state index < -0.39 is 5.82 Å². The van der Waals surface area contributed by atoms with Gasteiger partial charge in [0.2, 0.25) is 5.91 Å². The van der Waals surface area contributed by atoms with Crippen LogP contribution >= 0.6 is 0 Å². The summed E-state index contributed by atoms with van der Waals surface area (Å²) in [5.41, 5.74) is 6.27. The quantitative estimate of drug-likeness (QED) is 0.774. The molecule has 1 rings (SSSR count). The van der Waals surface area contributed by atoms with E-state index in [1.54, 1.807) is 7.11 Å². The third-order valence-electron chi connectivity index (χ3n) is 2.27. The van der Waals surface area contributed by atoms with Crippen LogP contribution in [0.2, 0.25) is 0 Å². The maximum Gasteiger partial charge on any atom is 0.224 e. The van der Waals surface area contributed by atoms with E-state index in [9.17, 15) is 9.18 Å². The zero-order chi connectivity index (χ0) is 12.8. The Morgan fingerprint density at radius 1 is 1.59 bits per heavy atom. The second-order valence-electron chi connectivity index (χ2n) is 4.04. The van der Waals surface area contributed by atoms with Crippen molar-refractivity contribution in [1.82, 2.24) is 0 Å². The van der Waals surface area contributed by atoms with Crippen molar-refractivity contribution < 1.29 is 13.9 Å². The molecule has 1 aromatic carbocycles. The first-order valence-electron chi connectivity index (χ1n) is 5.36. The van der Waals surface area contributed by atoms with Crippen molar-refractivity contribution in [2.45, 2.75) is 13.3 Å². The molecule has 94 valence electrons. The van der Waals surface area contributed by atoms with Gasteiger partial charge in [-0.05, 0) is 24.1 Å². The number of rotatable bonds is 5. The SMILES string of the molecule is COCC(C)CC(=O)Nc1cc(F)ccc1N. The Labute approximate surface area is 100.0 Å². The third kappa shape index (κ3) is 4.40. The minimum Gasteiger partial charge on any atom is -0.397 e. The van der Waals surface area contributed by atoms with Crippen LogP contribution in [0, 0.1) is 11.7 Å². The molecule has 0 heterocycles. The van der Waals surface area contributed by atoms with E-state index in [1.165, 1.54) is 18.2 Å². The van der Waals surface area contributed by atoms with Gasteiger partial charge < -0.3 is 15.8 Å². The first-order chi connectivity index (χ1) is 8.02. The van der Waals surface area contributed by atoms with Crippen LogP contribution in [0.1, 0.15) is 13.3 Å². The maximum absolute atomic E-state index is 13.0. The molecule has 0 bridgehead atoms. The van der Waals surface area contributed by atoms with Gasteiger partial charge in [-0.1, -0.05) is 6.92 Å². The van der Waals surface area contributed by atoms with Gasteiger partial charge in [-0.15, -0.1) is 0 Å². The van der Waals surface area contributed by atoms with Crippen LogP contribution in [0.4, 0.5) is 15.8 Å². The van der Waals surface area contributed by atoms with Crippen LogP contribution in [0.25, 0.3) is 0 Å². The molecular weight excluding hydrogens is 223 g/mol. The number of nitrogen functional groups attached to an aromatic ring is 1. The molecule has 0 spiro atoms. The highest BCUT2D eigenvalue weighted by Crippen LogP contribution is 2.19. The molecule has 0 fully saturated rings. The number of amides is 1. The summed E-state index contributed by atoms with van der Waals surface area (Å²) in [5.74, 6) is -0.527. The molecule has 0 aromatic heterocycles. The molecule has 1 aromatic rings. The zero-order valence-electron chi connectivity index (χ0n) is 10.00. The second-order valence-corrected chi connectivity index (χ2v) is 4.04. The fraction of sp³-hybridized carbons (Fsp3) is 0.417. The minimum atomic E-state index is -0.431. The summed E-state index contributed by atoms with van der Waals surface area (Å²) in [6.45, 7) is 2.41. The number of nitrogens with one attached hydrogen (secondary N) is 1. The highest BCUT2D eigenvalue weighted by Gasteiger charge is 2.10. The lowest BCUT2D eigenvalue weighted by Gasteiger charge is -2.11. The van der Waals surface area contributed by atoms with Gasteiger partial charge in [-0.25, -0.2) is 4.39 Å². The van der Waals surface area contributed by atoms with Crippen LogP contribution in [0.3, 0.4) is 0 Å². The van der Waals surface area contributed by atoms with Crippen molar-refractivity contribution >= 4 is 17.3 Å². The van der Waals surface area contributed by atoms with E-state index >= 15 is 0 Å². The van der Waals surface area contributed by atoms with Gasteiger partial charge in [0.25, 0.3) is 0 Å². The number of methoxy groups -OCH3 is 1. The number of carbonyl (C=O) groups is 1. The van der Waals surface area contributed by atoms with Gasteiger partial charge in [0.05, 0.1) is 11.4 Å². The van der Waals surface area contributed by atoms with Crippen molar-refractivity contribution in [3.8, 4) is 0 Å². The second kappa shape index (κ2) is 6.20. The molecule has 1 amide bonds. The topological polar surface area (TPSA) is 64.3 Å². The van der Waals surface area contributed by atoms with Crippen molar-refractivity contribution in [3.05, 3.63) is 24.0 Å². The Morgan fingerprint density at radius 3 is 2.94 bits per heavy atom. The molecule has 0 saturated heterocycles. The molecule has 0 aliphatic heterocycles. The van der Waals surface area contributed by atoms with Crippen LogP contribution < -0.4 is 11.1 Å². The molecule has 4 nitrogen and oxygen atoms in total. The fourth-order valence-corrected chi connectivity index (χ4v) is 1.50. The molecular formula is C12H17FN2O2. The summed E-state index contributed by atoms with van der Waals surface area (Å²) in [4.78, 5) is 11.6. The molecule has 0 saturated carbocycles. The molecule has 0 radical (unpaired) electrons. The predicted molar refractivity (Wildman–Crippen MR) is 65.1 cm³/mol. The van der Waals surface area contributed by atoms with Crippen molar-refractivity contribution in [1.29, 1.82) is 0 Å². The fourth-order valence-electron chi connectivity index (χ4n) is 1.50. The monoisotopic (exact) mass is 240 g/mol. The van der Waals surface area contributed by atoms with E-state index in [1.807, 2.05) is 6.92 Å². The number of hydrogen-bond donors (Lipinski definition) is 2. The normalized spacial score (nSPS) is 12.2. The maximum atomic E-state index is 13.0.